The lowest BCUT2D eigenvalue weighted by Gasteiger charge is -2.35. The van der Waals surface area contributed by atoms with E-state index in [9.17, 15) is 4.79 Å². The zero-order chi connectivity index (χ0) is 19.1. The predicted octanol–water partition coefficient (Wildman–Crippen LogP) is 4.02. The standard InChI is InChI=1S/C21H21NO5/c1-12-5-8-17(25-12)11-18-19(21-26-14(3)27-21)13(2)22(20(18)23)15-6-9-16(24-4)10-7-15/h5-11,14,21H,1-4H3/b18-11-. The minimum absolute atomic E-state index is 0.145. The number of anilines is 1. The Morgan fingerprint density at radius 3 is 2.33 bits per heavy atom. The van der Waals surface area contributed by atoms with Crippen LogP contribution in [-0.2, 0) is 14.3 Å². The number of furan rings is 1. The lowest BCUT2D eigenvalue weighted by molar-refractivity contribution is -0.358. The third-order valence-electron chi connectivity index (χ3n) is 4.69. The predicted molar refractivity (Wildman–Crippen MR) is 100 cm³/mol. The van der Waals surface area contributed by atoms with Crippen molar-refractivity contribution in [3.8, 4) is 5.75 Å². The Kier molecular flexibility index (Phi) is 4.37. The number of carbonyl (C=O) groups is 1. The number of ether oxygens (including phenoxy) is 3. The smallest absolute Gasteiger partial charge is 0.263 e. The Labute approximate surface area is 157 Å². The maximum Gasteiger partial charge on any atom is 0.263 e. The van der Waals surface area contributed by atoms with Gasteiger partial charge in [0.05, 0.1) is 12.7 Å². The maximum absolute atomic E-state index is 13.3. The van der Waals surface area contributed by atoms with Gasteiger partial charge in [0.25, 0.3) is 5.91 Å². The molecule has 0 saturated carbocycles. The van der Waals surface area contributed by atoms with Gasteiger partial charge < -0.3 is 18.6 Å². The molecule has 0 N–H and O–H groups in total. The second-order valence-electron chi connectivity index (χ2n) is 6.52. The molecule has 3 heterocycles. The minimum Gasteiger partial charge on any atom is -0.497 e. The highest BCUT2D eigenvalue weighted by Gasteiger charge is 2.43. The Balaban J connectivity index is 1.76. The molecule has 0 radical (unpaired) electrons. The largest absolute Gasteiger partial charge is 0.497 e. The fraction of sp³-hybridized carbons (Fsp3) is 0.286. The quantitative estimate of drug-likeness (QED) is 0.764. The Morgan fingerprint density at radius 1 is 1.07 bits per heavy atom. The van der Waals surface area contributed by atoms with Crippen molar-refractivity contribution in [3.05, 3.63) is 64.8 Å². The van der Waals surface area contributed by atoms with E-state index in [1.807, 2.05) is 57.2 Å². The van der Waals surface area contributed by atoms with Gasteiger partial charge in [-0.1, -0.05) is 0 Å². The molecule has 1 fully saturated rings. The molecule has 0 spiro atoms. The van der Waals surface area contributed by atoms with Crippen LogP contribution >= 0.6 is 0 Å². The molecule has 1 aromatic carbocycles. The molecule has 27 heavy (non-hydrogen) atoms. The fourth-order valence-electron chi connectivity index (χ4n) is 3.35. The summed E-state index contributed by atoms with van der Waals surface area (Å²) in [7, 11) is 1.61. The number of amides is 1. The average molecular weight is 367 g/mol. The first-order valence-corrected chi connectivity index (χ1v) is 8.76. The van der Waals surface area contributed by atoms with E-state index >= 15 is 0 Å². The number of methoxy groups -OCH3 is 1. The van der Waals surface area contributed by atoms with Crippen molar-refractivity contribution in [1.82, 2.24) is 0 Å². The highest BCUT2D eigenvalue weighted by molar-refractivity contribution is 6.17. The second-order valence-corrected chi connectivity index (χ2v) is 6.52. The first kappa shape index (κ1) is 17.6. The Bertz CT molecular complexity index is 932. The van der Waals surface area contributed by atoms with Crippen molar-refractivity contribution >= 4 is 17.7 Å². The summed E-state index contributed by atoms with van der Waals surface area (Å²) in [6, 6.07) is 11.1. The van der Waals surface area contributed by atoms with Gasteiger partial charge in [-0.05, 0) is 63.2 Å². The summed E-state index contributed by atoms with van der Waals surface area (Å²) in [5.41, 5.74) is 2.76. The molecule has 0 atom stereocenters. The number of aryl methyl sites for hydroxylation is 1. The topological polar surface area (TPSA) is 61.1 Å². The molecule has 0 unspecified atom stereocenters. The van der Waals surface area contributed by atoms with E-state index in [0.717, 1.165) is 28.5 Å². The van der Waals surface area contributed by atoms with Crippen LogP contribution in [-0.4, -0.2) is 25.6 Å². The average Bonchev–Trinajstić information content (AvgIpc) is 3.14. The molecular formula is C21H21NO5. The molecule has 140 valence electrons. The van der Waals surface area contributed by atoms with Crippen LogP contribution in [0.15, 0.2) is 57.7 Å². The van der Waals surface area contributed by atoms with Crippen LogP contribution in [0.1, 0.15) is 25.4 Å². The normalized spacial score (nSPS) is 23.9. The number of hydrogen-bond acceptors (Lipinski definition) is 5. The zero-order valence-corrected chi connectivity index (χ0v) is 15.7. The SMILES string of the molecule is COc1ccc(N2C(=O)/C(=C\c3ccc(C)o3)C(C3OC(C)O3)=C2C)cc1. The lowest BCUT2D eigenvalue weighted by Crippen LogP contribution is -2.40. The van der Waals surface area contributed by atoms with Crippen molar-refractivity contribution < 1.29 is 23.4 Å². The fourth-order valence-corrected chi connectivity index (χ4v) is 3.35. The molecule has 1 aromatic heterocycles. The van der Waals surface area contributed by atoms with Crippen LogP contribution in [0.2, 0.25) is 0 Å². The van der Waals surface area contributed by atoms with Crippen LogP contribution in [0.4, 0.5) is 5.69 Å². The summed E-state index contributed by atoms with van der Waals surface area (Å²) in [5.74, 6) is 1.98. The summed E-state index contributed by atoms with van der Waals surface area (Å²) >= 11 is 0. The van der Waals surface area contributed by atoms with E-state index in [1.165, 1.54) is 0 Å². The highest BCUT2D eigenvalue weighted by atomic mass is 16.9. The third kappa shape index (κ3) is 3.07. The number of carbonyl (C=O) groups excluding carboxylic acids is 1. The Hall–Kier alpha value is -2.83. The van der Waals surface area contributed by atoms with Crippen LogP contribution in [0.3, 0.4) is 0 Å². The summed E-state index contributed by atoms with van der Waals surface area (Å²) in [4.78, 5) is 14.9. The molecule has 4 rings (SSSR count). The molecule has 6 heteroatoms. The summed E-state index contributed by atoms with van der Waals surface area (Å²) in [5, 5.41) is 0. The number of nitrogens with zero attached hydrogens (tertiary/aromatic N) is 1. The summed E-state index contributed by atoms with van der Waals surface area (Å²) < 4.78 is 22.2. The highest BCUT2D eigenvalue weighted by Crippen LogP contribution is 2.40. The minimum atomic E-state index is -0.561. The van der Waals surface area contributed by atoms with Gasteiger partial charge in [0.2, 0.25) is 0 Å². The van der Waals surface area contributed by atoms with Crippen LogP contribution in [0, 0.1) is 6.92 Å². The van der Waals surface area contributed by atoms with Crippen molar-refractivity contribution in [3.63, 3.8) is 0 Å². The second kappa shape index (κ2) is 6.72. The van der Waals surface area contributed by atoms with E-state index in [-0.39, 0.29) is 12.2 Å². The van der Waals surface area contributed by atoms with Gasteiger partial charge in [0.1, 0.15) is 17.3 Å². The van der Waals surface area contributed by atoms with E-state index in [0.29, 0.717) is 11.3 Å². The van der Waals surface area contributed by atoms with Gasteiger partial charge in [0, 0.05) is 17.0 Å². The van der Waals surface area contributed by atoms with Crippen molar-refractivity contribution in [2.24, 2.45) is 0 Å². The molecule has 1 saturated heterocycles. The van der Waals surface area contributed by atoms with Gasteiger partial charge in [-0.25, -0.2) is 0 Å². The van der Waals surface area contributed by atoms with Gasteiger partial charge in [-0.2, -0.15) is 0 Å². The van der Waals surface area contributed by atoms with E-state index in [4.69, 9.17) is 18.6 Å². The Morgan fingerprint density at radius 2 is 1.78 bits per heavy atom. The molecule has 2 aliphatic rings. The van der Waals surface area contributed by atoms with Crippen LogP contribution in [0.5, 0.6) is 5.75 Å². The number of rotatable bonds is 4. The van der Waals surface area contributed by atoms with Crippen molar-refractivity contribution in [2.45, 2.75) is 33.4 Å². The zero-order valence-electron chi connectivity index (χ0n) is 15.7. The number of allylic oxidation sites excluding steroid dienone is 1. The van der Waals surface area contributed by atoms with E-state index in [2.05, 4.69) is 0 Å². The van der Waals surface area contributed by atoms with E-state index < -0.39 is 6.29 Å². The number of benzene rings is 1. The summed E-state index contributed by atoms with van der Waals surface area (Å²) in [6.45, 7) is 5.58. The van der Waals surface area contributed by atoms with Crippen LogP contribution < -0.4 is 9.64 Å². The first-order valence-electron chi connectivity index (χ1n) is 8.76. The van der Waals surface area contributed by atoms with Gasteiger partial charge in [-0.15, -0.1) is 0 Å². The van der Waals surface area contributed by atoms with Crippen LogP contribution in [0.25, 0.3) is 6.08 Å². The van der Waals surface area contributed by atoms with E-state index in [1.54, 1.807) is 18.1 Å². The summed E-state index contributed by atoms with van der Waals surface area (Å²) in [6.07, 6.45) is 0.898. The molecule has 1 amide bonds. The third-order valence-corrected chi connectivity index (χ3v) is 4.69. The molecule has 6 nitrogen and oxygen atoms in total. The molecule has 2 aliphatic heterocycles. The van der Waals surface area contributed by atoms with Gasteiger partial charge in [0.15, 0.2) is 12.6 Å². The molecule has 0 bridgehead atoms. The molecular weight excluding hydrogens is 346 g/mol. The molecule has 0 aliphatic carbocycles. The molecule has 2 aromatic rings. The van der Waals surface area contributed by atoms with Gasteiger partial charge in [-0.3, -0.25) is 9.69 Å². The van der Waals surface area contributed by atoms with Crippen molar-refractivity contribution in [1.29, 1.82) is 0 Å². The van der Waals surface area contributed by atoms with Gasteiger partial charge >= 0.3 is 0 Å². The maximum atomic E-state index is 13.3. The number of hydrogen-bond donors (Lipinski definition) is 0. The first-order chi connectivity index (χ1) is 13.0. The van der Waals surface area contributed by atoms with Crippen molar-refractivity contribution in [2.75, 3.05) is 12.0 Å². The monoisotopic (exact) mass is 367 g/mol. The lowest BCUT2D eigenvalue weighted by atomic mass is 10.0.